The Morgan fingerprint density at radius 2 is 1.92 bits per heavy atom. The number of thiazole rings is 1. The summed E-state index contributed by atoms with van der Waals surface area (Å²) in [6.45, 7) is 12.3. The minimum absolute atomic E-state index is 0.299. The Hall–Kier alpha value is -1.88. The zero-order chi connectivity index (χ0) is 18.2. The summed E-state index contributed by atoms with van der Waals surface area (Å²) in [5, 5.41) is 8.03. The van der Waals surface area contributed by atoms with Crippen molar-refractivity contribution in [1.29, 1.82) is 0 Å². The van der Waals surface area contributed by atoms with E-state index in [1.807, 2.05) is 0 Å². The molecular weight excluding hydrogens is 328 g/mol. The number of hydrogen-bond donors (Lipinski definition) is 2. The Bertz CT molecular complexity index is 678. The van der Waals surface area contributed by atoms with Gasteiger partial charge in [-0.2, -0.15) is 0 Å². The maximum Gasteiger partial charge on any atom is 0.191 e. The second kappa shape index (κ2) is 9.56. The molecule has 0 fully saturated rings. The summed E-state index contributed by atoms with van der Waals surface area (Å²) in [4.78, 5) is 10.6. The fourth-order valence-electron chi connectivity index (χ4n) is 2.78. The van der Waals surface area contributed by atoms with E-state index in [1.54, 1.807) is 11.3 Å². The fourth-order valence-corrected chi connectivity index (χ4v) is 3.71. The zero-order valence-corrected chi connectivity index (χ0v) is 16.8. The van der Waals surface area contributed by atoms with Crippen LogP contribution < -0.4 is 10.6 Å². The predicted octanol–water partition coefficient (Wildman–Crippen LogP) is 4.05. The van der Waals surface area contributed by atoms with Crippen LogP contribution in [0.25, 0.3) is 0 Å². The zero-order valence-electron chi connectivity index (χ0n) is 16.0. The van der Waals surface area contributed by atoms with Crippen molar-refractivity contribution in [3.05, 3.63) is 51.5 Å². The molecule has 0 aliphatic heterocycles. The van der Waals surface area contributed by atoms with Crippen molar-refractivity contribution in [2.24, 2.45) is 4.99 Å². The number of aliphatic imine (C=N–C) groups is 1. The molecule has 1 aromatic carbocycles. The molecule has 0 aliphatic carbocycles. The van der Waals surface area contributed by atoms with Crippen LogP contribution in [0.3, 0.4) is 0 Å². The average Bonchev–Trinajstić information content (AvgIpc) is 2.92. The maximum absolute atomic E-state index is 4.75. The largest absolute Gasteiger partial charge is 0.357 e. The van der Waals surface area contributed by atoms with E-state index in [-0.39, 0.29) is 0 Å². The summed E-state index contributed by atoms with van der Waals surface area (Å²) in [7, 11) is 0. The normalized spacial score (nSPS) is 14.2. The summed E-state index contributed by atoms with van der Waals surface area (Å²) in [5.41, 5.74) is 2.48. The van der Waals surface area contributed by atoms with E-state index in [0.29, 0.717) is 12.0 Å². The molecule has 136 valence electrons. The number of nitrogens with one attached hydrogen (secondary N) is 2. The van der Waals surface area contributed by atoms with Crippen molar-refractivity contribution in [3.63, 3.8) is 0 Å². The molecule has 1 heterocycles. The first kappa shape index (κ1) is 19.4. The van der Waals surface area contributed by atoms with Gasteiger partial charge in [-0.3, -0.25) is 4.99 Å². The van der Waals surface area contributed by atoms with Gasteiger partial charge in [0.25, 0.3) is 0 Å². The number of guanidine groups is 1. The Kier molecular flexibility index (Phi) is 7.44. The van der Waals surface area contributed by atoms with E-state index in [1.165, 1.54) is 10.4 Å². The lowest BCUT2D eigenvalue weighted by molar-refractivity contribution is 0.550. The van der Waals surface area contributed by atoms with Gasteiger partial charge in [0.05, 0.1) is 10.7 Å². The highest BCUT2D eigenvalue weighted by molar-refractivity contribution is 7.11. The van der Waals surface area contributed by atoms with Gasteiger partial charge in [0.15, 0.2) is 5.96 Å². The summed E-state index contributed by atoms with van der Waals surface area (Å²) in [5.74, 6) is 1.30. The molecule has 0 radical (unpaired) electrons. The fraction of sp³-hybridized carbons (Fsp3) is 0.500. The highest BCUT2D eigenvalue weighted by Gasteiger charge is 2.15. The minimum Gasteiger partial charge on any atom is -0.357 e. The van der Waals surface area contributed by atoms with Gasteiger partial charge in [0, 0.05) is 36.3 Å². The molecule has 4 nitrogen and oxygen atoms in total. The molecule has 0 saturated heterocycles. The lowest BCUT2D eigenvalue weighted by atomic mass is 9.94. The van der Waals surface area contributed by atoms with Crippen LogP contribution in [-0.2, 0) is 6.42 Å². The van der Waals surface area contributed by atoms with Crippen molar-refractivity contribution in [2.75, 3.05) is 13.1 Å². The quantitative estimate of drug-likeness (QED) is 0.580. The highest BCUT2D eigenvalue weighted by atomic mass is 32.1. The van der Waals surface area contributed by atoms with Crippen LogP contribution in [-0.4, -0.2) is 30.1 Å². The Morgan fingerprint density at radius 3 is 2.52 bits per heavy atom. The summed E-state index contributed by atoms with van der Waals surface area (Å²) in [6.07, 6.45) is 0.941. The van der Waals surface area contributed by atoms with Crippen molar-refractivity contribution < 1.29 is 0 Å². The summed E-state index contributed by atoms with van der Waals surface area (Å²) in [6, 6.07) is 10.9. The van der Waals surface area contributed by atoms with Crippen LogP contribution in [0.4, 0.5) is 0 Å². The first-order chi connectivity index (χ1) is 12.0. The van der Waals surface area contributed by atoms with Gasteiger partial charge in [-0.25, -0.2) is 4.98 Å². The molecule has 0 bridgehead atoms. The molecule has 2 unspecified atom stereocenters. The third-order valence-electron chi connectivity index (χ3n) is 4.39. The first-order valence-corrected chi connectivity index (χ1v) is 9.85. The van der Waals surface area contributed by atoms with Crippen LogP contribution >= 0.6 is 11.3 Å². The second-order valence-corrected chi connectivity index (χ2v) is 7.67. The monoisotopic (exact) mass is 358 g/mol. The molecule has 0 spiro atoms. The third kappa shape index (κ3) is 5.85. The lowest BCUT2D eigenvalue weighted by Gasteiger charge is -2.24. The van der Waals surface area contributed by atoms with Crippen LogP contribution in [0.1, 0.15) is 47.8 Å². The average molecular weight is 359 g/mol. The Balaban J connectivity index is 1.95. The number of nitrogens with zero attached hydrogens (tertiary/aromatic N) is 2. The first-order valence-electron chi connectivity index (χ1n) is 9.04. The number of rotatable bonds is 7. The highest BCUT2D eigenvalue weighted by Crippen LogP contribution is 2.19. The molecule has 0 amide bonds. The van der Waals surface area contributed by atoms with Crippen molar-refractivity contribution in [3.8, 4) is 0 Å². The van der Waals surface area contributed by atoms with Crippen molar-refractivity contribution >= 4 is 17.3 Å². The van der Waals surface area contributed by atoms with Gasteiger partial charge < -0.3 is 10.6 Å². The van der Waals surface area contributed by atoms with Gasteiger partial charge in [0.2, 0.25) is 0 Å². The maximum atomic E-state index is 4.75. The lowest BCUT2D eigenvalue weighted by Crippen LogP contribution is -2.44. The molecule has 5 heteroatoms. The Morgan fingerprint density at radius 1 is 1.20 bits per heavy atom. The van der Waals surface area contributed by atoms with Crippen molar-refractivity contribution in [2.45, 2.75) is 53.0 Å². The number of aromatic nitrogens is 1. The molecule has 0 saturated carbocycles. The van der Waals surface area contributed by atoms with Crippen LogP contribution in [0.15, 0.2) is 35.3 Å². The summed E-state index contributed by atoms with van der Waals surface area (Å²) < 4.78 is 0. The molecule has 2 rings (SSSR count). The topological polar surface area (TPSA) is 49.3 Å². The third-order valence-corrected chi connectivity index (χ3v) is 5.52. The Labute approximate surface area is 155 Å². The van der Waals surface area contributed by atoms with Gasteiger partial charge in [0.1, 0.15) is 0 Å². The van der Waals surface area contributed by atoms with E-state index in [9.17, 15) is 0 Å². The van der Waals surface area contributed by atoms with Gasteiger partial charge >= 0.3 is 0 Å². The summed E-state index contributed by atoms with van der Waals surface area (Å²) >= 11 is 1.77. The van der Waals surface area contributed by atoms with E-state index in [2.05, 4.69) is 80.6 Å². The van der Waals surface area contributed by atoms with E-state index < -0.39 is 0 Å². The number of hydrogen-bond acceptors (Lipinski definition) is 3. The molecule has 0 aliphatic rings. The standard InChI is InChI=1S/C20H30N4S/c1-6-21-20(22-13-12-19-16(4)23-17(5)25-19)24-15(3)14(2)18-10-8-7-9-11-18/h7-11,14-15H,6,12-13H2,1-5H3,(H2,21,22,24). The van der Waals surface area contributed by atoms with Crippen LogP contribution in [0.2, 0.25) is 0 Å². The molecule has 1 aromatic heterocycles. The van der Waals surface area contributed by atoms with E-state index in [0.717, 1.165) is 36.2 Å². The number of benzene rings is 1. The van der Waals surface area contributed by atoms with E-state index >= 15 is 0 Å². The van der Waals surface area contributed by atoms with Crippen molar-refractivity contribution in [1.82, 2.24) is 15.6 Å². The van der Waals surface area contributed by atoms with Crippen LogP contribution in [0, 0.1) is 13.8 Å². The molecule has 25 heavy (non-hydrogen) atoms. The number of aryl methyl sites for hydroxylation is 2. The second-order valence-electron chi connectivity index (χ2n) is 6.38. The van der Waals surface area contributed by atoms with Gasteiger partial charge in [-0.1, -0.05) is 37.3 Å². The van der Waals surface area contributed by atoms with E-state index in [4.69, 9.17) is 4.99 Å². The minimum atomic E-state index is 0.299. The molecular formula is C20H30N4S. The SMILES string of the molecule is CCNC(=NCCc1sc(C)nc1C)NC(C)C(C)c1ccccc1. The smallest absolute Gasteiger partial charge is 0.191 e. The molecule has 2 N–H and O–H groups in total. The predicted molar refractivity (Wildman–Crippen MR) is 109 cm³/mol. The van der Waals surface area contributed by atoms with Crippen LogP contribution in [0.5, 0.6) is 0 Å². The van der Waals surface area contributed by atoms with Gasteiger partial charge in [-0.15, -0.1) is 11.3 Å². The molecule has 2 atom stereocenters. The molecule has 2 aromatic rings. The van der Waals surface area contributed by atoms with Gasteiger partial charge in [-0.05, 0) is 33.3 Å².